The van der Waals surface area contributed by atoms with E-state index in [-0.39, 0.29) is 36.4 Å². The fourth-order valence-electron chi connectivity index (χ4n) is 10.6. The number of esters is 1. The van der Waals surface area contributed by atoms with Gasteiger partial charge < -0.3 is 38.0 Å². The first-order chi connectivity index (χ1) is 33.3. The normalized spacial score (nSPS) is 18.8. The van der Waals surface area contributed by atoms with Crippen molar-refractivity contribution >= 4 is 5.97 Å². The monoisotopic (exact) mass is 930 g/mol. The van der Waals surface area contributed by atoms with Gasteiger partial charge in [0.2, 0.25) is 0 Å². The Morgan fingerprint density at radius 1 is 0.551 bits per heavy atom. The highest BCUT2D eigenvalue weighted by atomic mass is 17.2. The van der Waals surface area contributed by atoms with E-state index >= 15 is 0 Å². The largest absolute Gasteiger partial charge is 0.468 e. The van der Waals surface area contributed by atoms with E-state index in [2.05, 4.69) is 95.3 Å². The average Bonchev–Trinajstić information content (AvgIpc) is 3.66. The number of hydrogen-bond donors (Lipinski definition) is 0. The number of rotatable bonds is 18. The first-order valence-corrected chi connectivity index (χ1v) is 24.1. The van der Waals surface area contributed by atoms with Crippen molar-refractivity contribution in [3.8, 4) is 45.3 Å². The van der Waals surface area contributed by atoms with Crippen molar-refractivity contribution < 1.29 is 47.7 Å². The highest BCUT2D eigenvalue weighted by molar-refractivity contribution is 5.92. The Labute approximate surface area is 405 Å². The van der Waals surface area contributed by atoms with Crippen molar-refractivity contribution in [1.29, 1.82) is 0 Å². The summed E-state index contributed by atoms with van der Waals surface area (Å²) in [4.78, 5) is 26.0. The molecular formula is C59H62O10. The highest BCUT2D eigenvalue weighted by Gasteiger charge is 2.56. The molecule has 2 fully saturated rings. The number of ether oxygens (including phenoxy) is 7. The second-order valence-electron chi connectivity index (χ2n) is 20.7. The molecule has 0 aromatic heterocycles. The lowest BCUT2D eigenvalue weighted by Gasteiger charge is -2.30. The second-order valence-corrected chi connectivity index (χ2v) is 20.7. The van der Waals surface area contributed by atoms with Crippen molar-refractivity contribution in [2.45, 2.75) is 77.2 Å². The minimum atomic E-state index is -0.393. The molecule has 0 N–H and O–H groups in total. The van der Waals surface area contributed by atoms with Gasteiger partial charge in [0, 0.05) is 17.3 Å². The Hall–Kier alpha value is -6.01. The van der Waals surface area contributed by atoms with Crippen LogP contribution in [-0.4, -0.2) is 59.2 Å². The number of fused-ring (bicyclic) bond motifs is 4. The van der Waals surface area contributed by atoms with E-state index in [1.807, 2.05) is 67.6 Å². The summed E-state index contributed by atoms with van der Waals surface area (Å²) < 4.78 is 39.4. The summed E-state index contributed by atoms with van der Waals surface area (Å²) in [6.07, 6.45) is 1.83. The zero-order valence-electron chi connectivity index (χ0n) is 40.6. The van der Waals surface area contributed by atoms with E-state index in [4.69, 9.17) is 42.9 Å². The summed E-state index contributed by atoms with van der Waals surface area (Å²) in [7, 11) is 0. The number of hydrogen-bond acceptors (Lipinski definition) is 10. The summed E-state index contributed by atoms with van der Waals surface area (Å²) in [5.41, 5.74) is 12.1. The molecule has 358 valence electrons. The molecule has 4 aliphatic rings. The van der Waals surface area contributed by atoms with E-state index in [1.54, 1.807) is 0 Å². The Kier molecular flexibility index (Phi) is 13.1. The molecule has 0 radical (unpaired) electrons. The standard InChI is InChI=1S/C59H62O10/c1-38-23-50-52(25-54(38)68-56(60)47-13-11-44(12-14-47)46-17-21-49(22-18-46)66-37-64-32-42-29-62-30-42)59(34-57(50,3)4)35-58(5,6)51-24-39(2)55(26-53(51)59)69-67-33-40-7-9-43(10-8-40)45-15-19-48(20-16-45)65-36-63-31-41-27-61-28-41/h7-26,41-42H,27-37H2,1-6H3. The molecule has 6 aromatic rings. The van der Waals surface area contributed by atoms with Gasteiger partial charge in [-0.15, -0.1) is 0 Å². The molecule has 1 atom stereocenters. The molecule has 0 saturated carbocycles. The Morgan fingerprint density at radius 2 is 0.986 bits per heavy atom. The van der Waals surface area contributed by atoms with Crippen LogP contribution in [0.1, 0.15) is 89.8 Å². The van der Waals surface area contributed by atoms with Crippen molar-refractivity contribution in [2.24, 2.45) is 11.8 Å². The summed E-state index contributed by atoms with van der Waals surface area (Å²) in [5, 5.41) is 0. The maximum absolute atomic E-state index is 13.8. The summed E-state index contributed by atoms with van der Waals surface area (Å²) >= 11 is 0. The van der Waals surface area contributed by atoms with Gasteiger partial charge in [-0.05, 0) is 147 Å². The third-order valence-corrected chi connectivity index (χ3v) is 14.4. The maximum atomic E-state index is 13.8. The number of aryl methyl sites for hydroxylation is 2. The van der Waals surface area contributed by atoms with Gasteiger partial charge in [-0.3, -0.25) is 0 Å². The van der Waals surface area contributed by atoms with Gasteiger partial charge >= 0.3 is 5.97 Å². The highest BCUT2D eigenvalue weighted by Crippen LogP contribution is 2.64. The van der Waals surface area contributed by atoms with Crippen LogP contribution in [0.5, 0.6) is 23.0 Å². The van der Waals surface area contributed by atoms with Crippen LogP contribution in [0.2, 0.25) is 0 Å². The quantitative estimate of drug-likeness (QED) is 0.0207. The van der Waals surface area contributed by atoms with Crippen LogP contribution >= 0.6 is 0 Å². The number of carbonyl (C=O) groups excluding carboxylic acids is 1. The lowest BCUT2D eigenvalue weighted by molar-refractivity contribution is -0.218. The van der Waals surface area contributed by atoms with Crippen LogP contribution in [0.15, 0.2) is 121 Å². The van der Waals surface area contributed by atoms with Crippen molar-refractivity contribution in [1.82, 2.24) is 0 Å². The minimum Gasteiger partial charge on any atom is -0.468 e. The first-order valence-electron chi connectivity index (χ1n) is 24.1. The molecule has 6 aromatic carbocycles. The molecule has 2 aliphatic carbocycles. The van der Waals surface area contributed by atoms with Crippen LogP contribution in [0.3, 0.4) is 0 Å². The van der Waals surface area contributed by atoms with Crippen LogP contribution in [-0.2, 0) is 46.7 Å². The molecule has 2 aliphatic heterocycles. The molecule has 0 bridgehead atoms. The lowest BCUT2D eigenvalue weighted by atomic mass is 9.72. The van der Waals surface area contributed by atoms with E-state index in [0.29, 0.717) is 42.1 Å². The van der Waals surface area contributed by atoms with Gasteiger partial charge in [0.05, 0.1) is 45.2 Å². The minimum absolute atomic E-state index is 0.109. The van der Waals surface area contributed by atoms with E-state index in [0.717, 1.165) is 89.7 Å². The molecular weight excluding hydrogens is 869 g/mol. The summed E-state index contributed by atoms with van der Waals surface area (Å²) in [6.45, 7) is 18.5. The topological polar surface area (TPSA) is 100 Å². The molecule has 10 rings (SSSR count). The molecule has 0 amide bonds. The van der Waals surface area contributed by atoms with Gasteiger partial charge in [-0.1, -0.05) is 100 Å². The number of carbonyl (C=O) groups is 1. The predicted octanol–water partition coefficient (Wildman–Crippen LogP) is 12.0. The van der Waals surface area contributed by atoms with Gasteiger partial charge in [0.1, 0.15) is 23.9 Å². The van der Waals surface area contributed by atoms with Crippen LogP contribution in [0.4, 0.5) is 0 Å². The SMILES string of the molecule is Cc1cc2c(cc1OOCc1ccc(-c3ccc(OCOCC4COC4)cc3)cc1)C1(CC2(C)C)CC(C)(C)c2cc(C)c(OC(=O)c3ccc(-c4ccc(OCOCC5COC5)cc4)cc3)cc21. The van der Waals surface area contributed by atoms with Crippen molar-refractivity contribution in [2.75, 3.05) is 53.2 Å². The van der Waals surface area contributed by atoms with Gasteiger partial charge in [-0.2, -0.15) is 4.89 Å². The fourth-order valence-corrected chi connectivity index (χ4v) is 10.6. The first kappa shape index (κ1) is 46.7. The molecule has 10 nitrogen and oxygen atoms in total. The maximum Gasteiger partial charge on any atom is 0.343 e. The Balaban J connectivity index is 0.798. The van der Waals surface area contributed by atoms with Crippen molar-refractivity contribution in [3.05, 3.63) is 166 Å². The molecule has 1 unspecified atom stereocenters. The van der Waals surface area contributed by atoms with E-state index in [1.165, 1.54) is 22.3 Å². The third-order valence-electron chi connectivity index (χ3n) is 14.4. The molecule has 10 heteroatoms. The van der Waals surface area contributed by atoms with Gasteiger partial charge in [0.25, 0.3) is 0 Å². The van der Waals surface area contributed by atoms with Crippen molar-refractivity contribution in [3.63, 3.8) is 0 Å². The van der Waals surface area contributed by atoms with Crippen LogP contribution in [0.25, 0.3) is 22.3 Å². The fraction of sp³-hybridized carbons (Fsp3) is 0.373. The van der Waals surface area contributed by atoms with Gasteiger partial charge in [-0.25, -0.2) is 4.79 Å². The van der Waals surface area contributed by atoms with Crippen LogP contribution < -0.4 is 19.1 Å². The van der Waals surface area contributed by atoms with E-state index < -0.39 is 5.97 Å². The van der Waals surface area contributed by atoms with E-state index in [9.17, 15) is 4.79 Å². The van der Waals surface area contributed by atoms with Gasteiger partial charge in [0.15, 0.2) is 19.3 Å². The van der Waals surface area contributed by atoms with Crippen LogP contribution in [0, 0.1) is 25.7 Å². The molecule has 1 spiro atoms. The summed E-state index contributed by atoms with van der Waals surface area (Å²) in [5.74, 6) is 3.32. The molecule has 69 heavy (non-hydrogen) atoms. The summed E-state index contributed by atoms with van der Waals surface area (Å²) in [6, 6.07) is 40.6. The smallest absolute Gasteiger partial charge is 0.343 e. The lowest BCUT2D eigenvalue weighted by Crippen LogP contribution is -2.32. The Morgan fingerprint density at radius 3 is 1.45 bits per heavy atom. The molecule has 2 heterocycles. The predicted molar refractivity (Wildman–Crippen MR) is 264 cm³/mol. The Bertz CT molecular complexity index is 2770. The zero-order chi connectivity index (χ0) is 47.8. The number of benzene rings is 6. The average molecular weight is 931 g/mol. The third kappa shape index (κ3) is 9.92. The zero-order valence-corrected chi connectivity index (χ0v) is 40.6. The molecule has 2 saturated heterocycles. The second kappa shape index (κ2) is 19.4.